The predicted molar refractivity (Wildman–Crippen MR) is 65.3 cm³/mol. The maximum atomic E-state index is 11.8. The first-order chi connectivity index (χ1) is 7.84. The van der Waals surface area contributed by atoms with Gasteiger partial charge in [-0.05, 0) is 32.2 Å². The fourth-order valence-corrected chi connectivity index (χ4v) is 2.86. The van der Waals surface area contributed by atoms with Gasteiger partial charge in [0.1, 0.15) is 0 Å². The number of nitrogens with one attached hydrogen (secondary N) is 2. The van der Waals surface area contributed by atoms with Crippen LogP contribution < -0.4 is 10.6 Å². The molecule has 0 aromatic carbocycles. The van der Waals surface area contributed by atoms with E-state index in [1.54, 1.807) is 0 Å². The molecule has 2 rings (SSSR count). The molecule has 2 aliphatic rings. The highest BCUT2D eigenvalue weighted by atomic mass is 16.1. The highest BCUT2D eigenvalue weighted by Gasteiger charge is 2.19. The van der Waals surface area contributed by atoms with Gasteiger partial charge >= 0.3 is 0 Å². The van der Waals surface area contributed by atoms with E-state index >= 15 is 0 Å². The molecular formula is C13H24N2O. The largest absolute Gasteiger partial charge is 0.353 e. The minimum atomic E-state index is 0.256. The summed E-state index contributed by atoms with van der Waals surface area (Å²) >= 11 is 0. The summed E-state index contributed by atoms with van der Waals surface area (Å²) in [6, 6.07) is 0.891. The third-order valence-corrected chi connectivity index (χ3v) is 3.81. The number of carbonyl (C=O) groups is 1. The van der Waals surface area contributed by atoms with Gasteiger partial charge in [-0.3, -0.25) is 4.79 Å². The number of amides is 1. The van der Waals surface area contributed by atoms with Crippen molar-refractivity contribution in [3.63, 3.8) is 0 Å². The van der Waals surface area contributed by atoms with Crippen molar-refractivity contribution < 1.29 is 4.79 Å². The molecule has 1 aliphatic heterocycles. The van der Waals surface area contributed by atoms with Crippen LogP contribution in [0.4, 0.5) is 0 Å². The van der Waals surface area contributed by atoms with E-state index in [1.165, 1.54) is 44.9 Å². The zero-order valence-electron chi connectivity index (χ0n) is 10.1. The van der Waals surface area contributed by atoms with Crippen LogP contribution >= 0.6 is 0 Å². The third-order valence-electron chi connectivity index (χ3n) is 3.81. The van der Waals surface area contributed by atoms with Crippen LogP contribution in [0.2, 0.25) is 0 Å². The zero-order chi connectivity index (χ0) is 11.2. The van der Waals surface area contributed by atoms with Crippen molar-refractivity contribution in [3.05, 3.63) is 0 Å². The lowest BCUT2D eigenvalue weighted by Gasteiger charge is -2.26. The van der Waals surface area contributed by atoms with Gasteiger partial charge in [0.15, 0.2) is 0 Å². The average molecular weight is 224 g/mol. The summed E-state index contributed by atoms with van der Waals surface area (Å²) in [6.45, 7) is 1.08. The van der Waals surface area contributed by atoms with Crippen LogP contribution in [-0.2, 0) is 4.79 Å². The molecule has 1 unspecified atom stereocenters. The molecule has 16 heavy (non-hydrogen) atoms. The molecule has 1 aliphatic carbocycles. The van der Waals surface area contributed by atoms with Crippen molar-refractivity contribution in [2.45, 2.75) is 69.9 Å². The highest BCUT2D eigenvalue weighted by molar-refractivity contribution is 5.76. The lowest BCUT2D eigenvalue weighted by molar-refractivity contribution is -0.122. The van der Waals surface area contributed by atoms with Crippen molar-refractivity contribution in [2.75, 3.05) is 6.54 Å². The number of carbonyl (C=O) groups excluding carboxylic acids is 1. The molecule has 1 heterocycles. The van der Waals surface area contributed by atoms with Crippen LogP contribution in [0.3, 0.4) is 0 Å². The fraction of sp³-hybridized carbons (Fsp3) is 0.923. The molecule has 3 nitrogen and oxygen atoms in total. The lowest BCUT2D eigenvalue weighted by Crippen LogP contribution is -2.42. The maximum absolute atomic E-state index is 11.8. The van der Waals surface area contributed by atoms with Gasteiger partial charge in [-0.15, -0.1) is 0 Å². The topological polar surface area (TPSA) is 41.1 Å². The van der Waals surface area contributed by atoms with E-state index in [2.05, 4.69) is 10.6 Å². The van der Waals surface area contributed by atoms with Gasteiger partial charge < -0.3 is 10.6 Å². The van der Waals surface area contributed by atoms with Gasteiger partial charge in [-0.25, -0.2) is 0 Å². The van der Waals surface area contributed by atoms with E-state index < -0.39 is 0 Å². The molecule has 1 saturated heterocycles. The maximum Gasteiger partial charge on any atom is 0.221 e. The average Bonchev–Trinajstić information content (AvgIpc) is 2.31. The Bertz CT molecular complexity index is 196. The monoisotopic (exact) mass is 224 g/mol. The van der Waals surface area contributed by atoms with E-state index in [1.807, 2.05) is 0 Å². The second kappa shape index (κ2) is 6.24. The van der Waals surface area contributed by atoms with Crippen molar-refractivity contribution >= 4 is 5.91 Å². The Morgan fingerprint density at radius 2 is 1.81 bits per heavy atom. The molecule has 1 atom stereocenters. The second-order valence-electron chi connectivity index (χ2n) is 5.25. The molecule has 1 amide bonds. The Hall–Kier alpha value is -0.570. The minimum Gasteiger partial charge on any atom is -0.353 e. The standard InChI is InChI=1S/C13H24N2O/c16-13(10-12-8-4-5-9-14-12)15-11-6-2-1-3-7-11/h11-12,14H,1-10H2,(H,15,16). The summed E-state index contributed by atoms with van der Waals surface area (Å²) in [5.74, 6) is 0.256. The summed E-state index contributed by atoms with van der Waals surface area (Å²) in [7, 11) is 0. The SMILES string of the molecule is O=C(CC1CCCCN1)NC1CCCCC1. The summed E-state index contributed by atoms with van der Waals surface area (Å²) in [5.41, 5.74) is 0. The third kappa shape index (κ3) is 3.78. The highest BCUT2D eigenvalue weighted by Crippen LogP contribution is 2.18. The Balaban J connectivity index is 1.66. The van der Waals surface area contributed by atoms with Gasteiger partial charge in [0.2, 0.25) is 5.91 Å². The van der Waals surface area contributed by atoms with Gasteiger partial charge in [-0.2, -0.15) is 0 Å². The van der Waals surface area contributed by atoms with Gasteiger partial charge in [-0.1, -0.05) is 25.7 Å². The van der Waals surface area contributed by atoms with Crippen molar-refractivity contribution in [3.8, 4) is 0 Å². The van der Waals surface area contributed by atoms with Crippen LogP contribution in [-0.4, -0.2) is 24.5 Å². The molecule has 0 aromatic rings. The summed E-state index contributed by atoms with van der Waals surface area (Å²) in [4.78, 5) is 11.8. The molecule has 0 spiro atoms. The van der Waals surface area contributed by atoms with Crippen molar-refractivity contribution in [2.24, 2.45) is 0 Å². The molecular weight excluding hydrogens is 200 g/mol. The zero-order valence-corrected chi connectivity index (χ0v) is 10.1. The van der Waals surface area contributed by atoms with Crippen LogP contribution in [0.5, 0.6) is 0 Å². The molecule has 0 bridgehead atoms. The quantitative estimate of drug-likeness (QED) is 0.769. The Morgan fingerprint density at radius 3 is 2.50 bits per heavy atom. The first-order valence-electron chi connectivity index (χ1n) is 6.87. The van der Waals surface area contributed by atoms with E-state index in [9.17, 15) is 4.79 Å². The number of piperidine rings is 1. The van der Waals surface area contributed by atoms with Crippen molar-refractivity contribution in [1.82, 2.24) is 10.6 Å². The number of rotatable bonds is 3. The van der Waals surface area contributed by atoms with E-state index in [0.717, 1.165) is 13.0 Å². The fourth-order valence-electron chi connectivity index (χ4n) is 2.86. The molecule has 2 fully saturated rings. The van der Waals surface area contributed by atoms with E-state index in [0.29, 0.717) is 18.5 Å². The smallest absolute Gasteiger partial charge is 0.221 e. The Kier molecular flexibility index (Phi) is 4.64. The van der Waals surface area contributed by atoms with Gasteiger partial charge in [0.25, 0.3) is 0 Å². The molecule has 0 aromatic heterocycles. The molecule has 1 saturated carbocycles. The molecule has 2 N–H and O–H groups in total. The second-order valence-corrected chi connectivity index (χ2v) is 5.25. The molecule has 92 valence electrons. The summed E-state index contributed by atoms with van der Waals surface area (Å²) in [6.07, 6.45) is 10.7. The van der Waals surface area contributed by atoms with Crippen LogP contribution in [0, 0.1) is 0 Å². The Morgan fingerprint density at radius 1 is 1.06 bits per heavy atom. The Labute approximate surface area is 98.4 Å². The lowest BCUT2D eigenvalue weighted by atomic mass is 9.95. The number of hydrogen-bond donors (Lipinski definition) is 2. The van der Waals surface area contributed by atoms with Gasteiger partial charge in [0, 0.05) is 18.5 Å². The predicted octanol–water partition coefficient (Wildman–Crippen LogP) is 1.97. The summed E-state index contributed by atoms with van der Waals surface area (Å²) in [5, 5.41) is 6.61. The van der Waals surface area contributed by atoms with Crippen LogP contribution in [0.25, 0.3) is 0 Å². The van der Waals surface area contributed by atoms with Gasteiger partial charge in [0.05, 0.1) is 0 Å². The van der Waals surface area contributed by atoms with E-state index in [4.69, 9.17) is 0 Å². The normalized spacial score (nSPS) is 27.6. The number of hydrogen-bond acceptors (Lipinski definition) is 2. The molecule has 3 heteroatoms. The minimum absolute atomic E-state index is 0.256. The van der Waals surface area contributed by atoms with Crippen LogP contribution in [0.15, 0.2) is 0 Å². The van der Waals surface area contributed by atoms with Crippen LogP contribution in [0.1, 0.15) is 57.8 Å². The molecule has 0 radical (unpaired) electrons. The van der Waals surface area contributed by atoms with Crippen molar-refractivity contribution in [1.29, 1.82) is 0 Å². The first-order valence-corrected chi connectivity index (χ1v) is 6.87. The van der Waals surface area contributed by atoms with E-state index in [-0.39, 0.29) is 5.91 Å². The summed E-state index contributed by atoms with van der Waals surface area (Å²) < 4.78 is 0. The first kappa shape index (κ1) is 11.9.